The first-order valence-corrected chi connectivity index (χ1v) is 11.6. The Balaban J connectivity index is 1.56. The summed E-state index contributed by atoms with van der Waals surface area (Å²) in [4.78, 5) is 29.8. The fourth-order valence-electron chi connectivity index (χ4n) is 4.25. The zero-order valence-electron chi connectivity index (χ0n) is 19.0. The molecule has 0 aliphatic carbocycles. The van der Waals surface area contributed by atoms with Gasteiger partial charge in [-0.3, -0.25) is 9.59 Å². The van der Waals surface area contributed by atoms with Crippen LogP contribution in [0.2, 0.25) is 5.02 Å². The average Bonchev–Trinajstić information content (AvgIpc) is 2.86. The van der Waals surface area contributed by atoms with Crippen molar-refractivity contribution >= 4 is 23.4 Å². The highest BCUT2D eigenvalue weighted by Crippen LogP contribution is 2.27. The molecule has 0 radical (unpaired) electrons. The van der Waals surface area contributed by atoms with Gasteiger partial charge in [0.2, 0.25) is 5.91 Å². The maximum Gasteiger partial charge on any atom is 0.254 e. The van der Waals surface area contributed by atoms with Crippen molar-refractivity contribution in [3.05, 3.63) is 94.5 Å². The van der Waals surface area contributed by atoms with Gasteiger partial charge in [-0.05, 0) is 60.9 Å². The molecular weight excluding hydrogens is 452 g/mol. The number of hydrogen-bond donors (Lipinski definition) is 1. The first-order chi connectivity index (χ1) is 16.4. The number of piperazine rings is 1. The Morgan fingerprint density at radius 1 is 1.09 bits per heavy atom. The lowest BCUT2D eigenvalue weighted by Crippen LogP contribution is -2.57. The summed E-state index contributed by atoms with van der Waals surface area (Å²) >= 11 is 6.13. The minimum Gasteiger partial charge on any atom is -0.508 e. The quantitative estimate of drug-likeness (QED) is 0.541. The molecule has 0 spiro atoms. The van der Waals surface area contributed by atoms with Crippen LogP contribution in [0.25, 0.3) is 0 Å². The molecule has 1 aliphatic rings. The molecule has 2 amide bonds. The molecule has 4 rings (SSSR count). The van der Waals surface area contributed by atoms with Gasteiger partial charge in [0, 0.05) is 29.2 Å². The molecule has 1 fully saturated rings. The monoisotopic (exact) mass is 478 g/mol. The number of aromatic hydroxyl groups is 1. The Hall–Kier alpha value is -3.51. The number of hydrogen-bond acceptors (Lipinski definition) is 4. The lowest BCUT2D eigenvalue weighted by atomic mass is 10.00. The maximum atomic E-state index is 13.3. The Kier molecular flexibility index (Phi) is 7.38. The van der Waals surface area contributed by atoms with Crippen molar-refractivity contribution in [3.8, 4) is 11.5 Å². The predicted molar refractivity (Wildman–Crippen MR) is 131 cm³/mol. The second-order valence-corrected chi connectivity index (χ2v) is 8.82. The third-order valence-corrected chi connectivity index (χ3v) is 6.37. The molecule has 7 heteroatoms. The summed E-state index contributed by atoms with van der Waals surface area (Å²) in [6.07, 6.45) is 1.45. The summed E-state index contributed by atoms with van der Waals surface area (Å²) in [5.74, 6) is 0.409. The van der Waals surface area contributed by atoms with E-state index in [1.54, 1.807) is 53.3 Å². The summed E-state index contributed by atoms with van der Waals surface area (Å²) < 4.78 is 5.18. The van der Waals surface area contributed by atoms with Crippen molar-refractivity contribution in [2.75, 3.05) is 20.2 Å². The fraction of sp³-hybridized carbons (Fsp3) is 0.259. The number of amides is 2. The molecule has 0 saturated carbocycles. The van der Waals surface area contributed by atoms with E-state index >= 15 is 0 Å². The van der Waals surface area contributed by atoms with Gasteiger partial charge in [0.05, 0.1) is 13.2 Å². The van der Waals surface area contributed by atoms with Gasteiger partial charge in [-0.2, -0.15) is 0 Å². The molecule has 1 atom stereocenters. The Labute approximate surface area is 204 Å². The Morgan fingerprint density at radius 3 is 2.53 bits per heavy atom. The van der Waals surface area contributed by atoms with Crippen LogP contribution in [0.1, 0.15) is 27.9 Å². The van der Waals surface area contributed by atoms with E-state index in [1.807, 2.05) is 18.2 Å². The van der Waals surface area contributed by atoms with Gasteiger partial charge in [-0.1, -0.05) is 41.9 Å². The lowest BCUT2D eigenvalue weighted by molar-refractivity contribution is -0.139. The molecule has 1 N–H and O–H groups in total. The first-order valence-electron chi connectivity index (χ1n) is 11.2. The number of nitrogens with zero attached hydrogens (tertiary/aromatic N) is 2. The molecule has 0 bridgehead atoms. The van der Waals surface area contributed by atoms with E-state index in [2.05, 4.69) is 12.1 Å². The lowest BCUT2D eigenvalue weighted by Gasteiger charge is -2.41. The number of carbonyl (C=O) groups is 2. The highest BCUT2D eigenvalue weighted by molar-refractivity contribution is 6.30. The Bertz CT molecular complexity index is 1150. The van der Waals surface area contributed by atoms with Gasteiger partial charge >= 0.3 is 0 Å². The number of halogens is 1. The number of ether oxygens (including phenoxy) is 1. The number of aryl methyl sites for hydroxylation is 1. The number of methoxy groups -OCH3 is 1. The van der Waals surface area contributed by atoms with Crippen LogP contribution < -0.4 is 4.74 Å². The van der Waals surface area contributed by atoms with Crippen molar-refractivity contribution in [1.82, 2.24) is 9.80 Å². The topological polar surface area (TPSA) is 70.1 Å². The number of phenolic OH excluding ortho intramolecular Hbond substituents is 1. The summed E-state index contributed by atoms with van der Waals surface area (Å²) in [5.41, 5.74) is 2.26. The van der Waals surface area contributed by atoms with Crippen LogP contribution in [0, 0.1) is 0 Å². The zero-order chi connectivity index (χ0) is 24.1. The number of phenols is 1. The zero-order valence-corrected chi connectivity index (χ0v) is 19.7. The second kappa shape index (κ2) is 10.6. The molecule has 3 aromatic rings. The minimum absolute atomic E-state index is 0.0198. The van der Waals surface area contributed by atoms with Crippen LogP contribution in [0.4, 0.5) is 0 Å². The van der Waals surface area contributed by atoms with Gasteiger partial charge in [-0.25, -0.2) is 0 Å². The van der Waals surface area contributed by atoms with Crippen LogP contribution in [0.15, 0.2) is 72.8 Å². The fourth-order valence-corrected chi connectivity index (χ4v) is 4.45. The Morgan fingerprint density at radius 2 is 1.82 bits per heavy atom. The number of rotatable bonds is 7. The van der Waals surface area contributed by atoms with Crippen molar-refractivity contribution in [2.24, 2.45) is 0 Å². The molecule has 34 heavy (non-hydrogen) atoms. The number of carbonyl (C=O) groups excluding carboxylic acids is 2. The molecule has 6 nitrogen and oxygen atoms in total. The van der Waals surface area contributed by atoms with Crippen molar-refractivity contribution in [1.29, 1.82) is 0 Å². The molecule has 1 saturated heterocycles. The average molecular weight is 479 g/mol. The van der Waals surface area contributed by atoms with E-state index in [1.165, 1.54) is 11.6 Å². The molecule has 1 heterocycles. The summed E-state index contributed by atoms with van der Waals surface area (Å²) in [6, 6.07) is 21.6. The van der Waals surface area contributed by atoms with E-state index in [0.29, 0.717) is 34.9 Å². The van der Waals surface area contributed by atoms with Crippen LogP contribution >= 0.6 is 11.6 Å². The van der Waals surface area contributed by atoms with Crippen molar-refractivity contribution in [2.45, 2.75) is 25.4 Å². The van der Waals surface area contributed by atoms with Crippen LogP contribution in [0.3, 0.4) is 0 Å². The van der Waals surface area contributed by atoms with Crippen molar-refractivity contribution in [3.63, 3.8) is 0 Å². The second-order valence-electron chi connectivity index (χ2n) is 8.39. The third kappa shape index (κ3) is 5.51. The summed E-state index contributed by atoms with van der Waals surface area (Å²) in [6.45, 7) is 0.619. The minimum atomic E-state index is -0.206. The largest absolute Gasteiger partial charge is 0.508 e. The van der Waals surface area contributed by atoms with Gasteiger partial charge in [0.1, 0.15) is 18.0 Å². The van der Waals surface area contributed by atoms with Crippen LogP contribution in [-0.2, 0) is 17.8 Å². The van der Waals surface area contributed by atoms with E-state index < -0.39 is 0 Å². The van der Waals surface area contributed by atoms with Crippen LogP contribution in [0.5, 0.6) is 11.5 Å². The van der Waals surface area contributed by atoms with Gasteiger partial charge in [-0.15, -0.1) is 0 Å². The van der Waals surface area contributed by atoms with Gasteiger partial charge in [0.25, 0.3) is 5.91 Å². The molecule has 176 valence electrons. The third-order valence-electron chi connectivity index (χ3n) is 6.13. The number of benzene rings is 3. The van der Waals surface area contributed by atoms with E-state index in [9.17, 15) is 14.7 Å². The highest BCUT2D eigenvalue weighted by Gasteiger charge is 2.35. The van der Waals surface area contributed by atoms with Crippen molar-refractivity contribution < 1.29 is 19.4 Å². The van der Waals surface area contributed by atoms with E-state index in [0.717, 1.165) is 6.42 Å². The normalized spacial score (nSPS) is 15.9. The smallest absolute Gasteiger partial charge is 0.254 e. The summed E-state index contributed by atoms with van der Waals surface area (Å²) in [7, 11) is 1.57. The summed E-state index contributed by atoms with van der Waals surface area (Å²) in [5, 5.41) is 10.8. The van der Waals surface area contributed by atoms with Crippen LogP contribution in [-0.4, -0.2) is 53.0 Å². The molecule has 3 aromatic carbocycles. The first kappa shape index (κ1) is 23.6. The standard InChI is InChI=1S/C27H27ClN2O4/c1-34-24-12-8-20(9-13-24)27(33)29-17-23(11-7-19-5-3-2-4-6-19)30(26(32)18-29)16-21-15-22(28)10-14-25(21)31/h2-6,8-10,12-15,23,31H,7,11,16-18H2,1H3/t23-/m0/s1. The molecule has 0 aromatic heterocycles. The van der Waals surface area contributed by atoms with E-state index in [4.69, 9.17) is 16.3 Å². The predicted octanol–water partition coefficient (Wildman–Crippen LogP) is 4.54. The SMILES string of the molecule is COc1ccc(C(=O)N2CC(=O)N(Cc3cc(Cl)ccc3O)[C@@H](CCc3ccccc3)C2)cc1. The molecule has 0 unspecified atom stereocenters. The highest BCUT2D eigenvalue weighted by atomic mass is 35.5. The molecular formula is C27H27ClN2O4. The maximum absolute atomic E-state index is 13.3. The van der Waals surface area contributed by atoms with E-state index in [-0.39, 0.29) is 36.7 Å². The van der Waals surface area contributed by atoms with Gasteiger partial charge < -0.3 is 19.6 Å². The molecule has 1 aliphatic heterocycles. The van der Waals surface area contributed by atoms with Gasteiger partial charge in [0.15, 0.2) is 0 Å².